The summed E-state index contributed by atoms with van der Waals surface area (Å²) in [5.74, 6) is 0.914. The topological polar surface area (TPSA) is 67.9 Å². The SMILES string of the molecule is CCOc1ccc(NC(=O)CCN2C(=O)C(C)(C)Oc3ccc(Cl)cc32)cc1. The number of rotatable bonds is 6. The molecular formula is C21H23ClN2O4. The summed E-state index contributed by atoms with van der Waals surface area (Å²) in [5.41, 5.74) is 0.239. The zero-order valence-electron chi connectivity index (χ0n) is 16.1. The third-order valence-electron chi connectivity index (χ3n) is 4.35. The van der Waals surface area contributed by atoms with Crippen molar-refractivity contribution < 1.29 is 19.1 Å². The minimum Gasteiger partial charge on any atom is -0.494 e. The van der Waals surface area contributed by atoms with Crippen LogP contribution in [-0.2, 0) is 9.59 Å². The van der Waals surface area contributed by atoms with E-state index in [4.69, 9.17) is 21.1 Å². The molecule has 0 aromatic heterocycles. The van der Waals surface area contributed by atoms with Gasteiger partial charge in [0.1, 0.15) is 11.5 Å². The van der Waals surface area contributed by atoms with Crippen LogP contribution in [0.3, 0.4) is 0 Å². The van der Waals surface area contributed by atoms with Gasteiger partial charge in [-0.1, -0.05) is 11.6 Å². The summed E-state index contributed by atoms with van der Waals surface area (Å²) in [6.45, 7) is 6.14. The number of ether oxygens (including phenoxy) is 2. The molecule has 0 spiro atoms. The van der Waals surface area contributed by atoms with E-state index in [9.17, 15) is 9.59 Å². The van der Waals surface area contributed by atoms with E-state index in [1.807, 2.05) is 6.92 Å². The van der Waals surface area contributed by atoms with Crippen LogP contribution >= 0.6 is 11.6 Å². The van der Waals surface area contributed by atoms with Crippen LogP contribution in [0.5, 0.6) is 11.5 Å². The van der Waals surface area contributed by atoms with Crippen molar-refractivity contribution in [1.29, 1.82) is 0 Å². The number of benzene rings is 2. The molecule has 0 saturated heterocycles. The van der Waals surface area contributed by atoms with E-state index in [1.165, 1.54) is 0 Å². The van der Waals surface area contributed by atoms with Crippen LogP contribution in [0.15, 0.2) is 42.5 Å². The molecule has 1 heterocycles. The van der Waals surface area contributed by atoms with Gasteiger partial charge in [0.25, 0.3) is 5.91 Å². The Labute approximate surface area is 169 Å². The fourth-order valence-corrected chi connectivity index (χ4v) is 3.17. The van der Waals surface area contributed by atoms with Crippen molar-refractivity contribution in [3.05, 3.63) is 47.5 Å². The van der Waals surface area contributed by atoms with Gasteiger partial charge in [0.05, 0.1) is 12.3 Å². The summed E-state index contributed by atoms with van der Waals surface area (Å²) in [5, 5.41) is 3.33. The van der Waals surface area contributed by atoms with E-state index in [-0.39, 0.29) is 24.8 Å². The number of nitrogens with zero attached hydrogens (tertiary/aromatic N) is 1. The summed E-state index contributed by atoms with van der Waals surface area (Å²) in [4.78, 5) is 26.7. The molecule has 3 rings (SSSR count). The van der Waals surface area contributed by atoms with Gasteiger partial charge in [0, 0.05) is 23.7 Å². The third-order valence-corrected chi connectivity index (χ3v) is 4.58. The Hall–Kier alpha value is -2.73. The number of anilines is 2. The van der Waals surface area contributed by atoms with Gasteiger partial charge in [-0.15, -0.1) is 0 Å². The van der Waals surface area contributed by atoms with Crippen molar-refractivity contribution >= 4 is 34.8 Å². The number of carbonyl (C=O) groups excluding carboxylic acids is 2. The summed E-state index contributed by atoms with van der Waals surface area (Å²) in [7, 11) is 0. The predicted molar refractivity (Wildman–Crippen MR) is 109 cm³/mol. The van der Waals surface area contributed by atoms with Gasteiger partial charge in [-0.25, -0.2) is 0 Å². The van der Waals surface area contributed by atoms with Gasteiger partial charge in [-0.2, -0.15) is 0 Å². The molecule has 0 saturated carbocycles. The van der Waals surface area contributed by atoms with Crippen molar-refractivity contribution in [3.8, 4) is 11.5 Å². The molecule has 1 aliphatic rings. The van der Waals surface area contributed by atoms with Gasteiger partial charge in [-0.05, 0) is 63.2 Å². The van der Waals surface area contributed by atoms with Crippen molar-refractivity contribution in [2.45, 2.75) is 32.8 Å². The maximum absolute atomic E-state index is 12.8. The van der Waals surface area contributed by atoms with E-state index in [2.05, 4.69) is 5.32 Å². The lowest BCUT2D eigenvalue weighted by Crippen LogP contribution is -2.53. The first-order chi connectivity index (χ1) is 13.3. The second-order valence-electron chi connectivity index (χ2n) is 6.94. The van der Waals surface area contributed by atoms with Crippen LogP contribution in [0.4, 0.5) is 11.4 Å². The van der Waals surface area contributed by atoms with Crippen LogP contribution in [0.25, 0.3) is 0 Å². The smallest absolute Gasteiger partial charge is 0.270 e. The van der Waals surface area contributed by atoms with E-state index in [0.29, 0.717) is 28.8 Å². The van der Waals surface area contributed by atoms with E-state index < -0.39 is 5.60 Å². The van der Waals surface area contributed by atoms with E-state index >= 15 is 0 Å². The van der Waals surface area contributed by atoms with Crippen molar-refractivity contribution in [3.63, 3.8) is 0 Å². The normalized spacial score (nSPS) is 14.9. The molecule has 2 aromatic rings. The maximum atomic E-state index is 12.8. The molecule has 148 valence electrons. The Morgan fingerprint density at radius 3 is 2.61 bits per heavy atom. The highest BCUT2D eigenvalue weighted by Gasteiger charge is 2.40. The Bertz CT molecular complexity index is 880. The van der Waals surface area contributed by atoms with Gasteiger partial charge in [0.2, 0.25) is 5.91 Å². The highest BCUT2D eigenvalue weighted by molar-refractivity contribution is 6.31. The Morgan fingerprint density at radius 1 is 1.21 bits per heavy atom. The number of halogens is 1. The predicted octanol–water partition coefficient (Wildman–Crippen LogP) is 4.27. The molecule has 7 heteroatoms. The summed E-state index contributed by atoms with van der Waals surface area (Å²) in [6.07, 6.45) is 0.140. The molecule has 0 atom stereocenters. The second-order valence-corrected chi connectivity index (χ2v) is 7.37. The standard InChI is InChI=1S/C21H23ClN2O4/c1-4-27-16-8-6-15(7-9-16)23-19(25)11-12-24-17-13-14(22)5-10-18(17)28-21(2,3)20(24)26/h5-10,13H,4,11-12H2,1-3H3,(H,23,25). The van der Waals surface area contributed by atoms with E-state index in [1.54, 1.807) is 61.2 Å². The molecule has 2 amide bonds. The first-order valence-electron chi connectivity index (χ1n) is 9.13. The monoisotopic (exact) mass is 402 g/mol. The minimum absolute atomic E-state index is 0.140. The van der Waals surface area contributed by atoms with Crippen LogP contribution in [0.2, 0.25) is 5.02 Å². The molecule has 28 heavy (non-hydrogen) atoms. The second kappa shape index (κ2) is 8.10. The van der Waals surface area contributed by atoms with Crippen LogP contribution < -0.4 is 19.7 Å². The number of carbonyl (C=O) groups is 2. The Kier molecular flexibility index (Phi) is 5.79. The lowest BCUT2D eigenvalue weighted by atomic mass is 10.0. The first kappa shape index (κ1) is 20.0. The largest absolute Gasteiger partial charge is 0.494 e. The fraction of sp³-hybridized carbons (Fsp3) is 0.333. The zero-order valence-corrected chi connectivity index (χ0v) is 16.9. The Balaban J connectivity index is 1.68. The number of hydrogen-bond donors (Lipinski definition) is 1. The van der Waals surface area contributed by atoms with Crippen LogP contribution in [0.1, 0.15) is 27.2 Å². The summed E-state index contributed by atoms with van der Waals surface area (Å²) < 4.78 is 11.2. The first-order valence-corrected chi connectivity index (χ1v) is 9.51. The molecule has 1 aliphatic heterocycles. The maximum Gasteiger partial charge on any atom is 0.270 e. The van der Waals surface area contributed by atoms with E-state index in [0.717, 1.165) is 5.75 Å². The van der Waals surface area contributed by atoms with Gasteiger partial charge >= 0.3 is 0 Å². The van der Waals surface area contributed by atoms with Crippen LogP contribution in [0, 0.1) is 0 Å². The Morgan fingerprint density at radius 2 is 1.93 bits per heavy atom. The summed E-state index contributed by atoms with van der Waals surface area (Å²) >= 11 is 6.08. The van der Waals surface area contributed by atoms with Gasteiger partial charge in [-0.3, -0.25) is 9.59 Å². The molecule has 0 bridgehead atoms. The van der Waals surface area contributed by atoms with Gasteiger partial charge in [0.15, 0.2) is 5.60 Å². The molecular weight excluding hydrogens is 380 g/mol. The zero-order chi connectivity index (χ0) is 20.3. The molecule has 1 N–H and O–H groups in total. The average molecular weight is 403 g/mol. The van der Waals surface area contributed by atoms with Crippen molar-refractivity contribution in [1.82, 2.24) is 0 Å². The molecule has 2 aromatic carbocycles. The number of hydrogen-bond acceptors (Lipinski definition) is 4. The quantitative estimate of drug-likeness (QED) is 0.783. The molecule has 0 radical (unpaired) electrons. The van der Waals surface area contributed by atoms with Crippen LogP contribution in [-0.4, -0.2) is 30.6 Å². The fourth-order valence-electron chi connectivity index (χ4n) is 3.00. The molecule has 0 unspecified atom stereocenters. The van der Waals surface area contributed by atoms with Crippen molar-refractivity contribution in [2.75, 3.05) is 23.4 Å². The molecule has 0 aliphatic carbocycles. The highest BCUT2D eigenvalue weighted by Crippen LogP contribution is 2.39. The number of nitrogens with one attached hydrogen (secondary N) is 1. The van der Waals surface area contributed by atoms with Gasteiger partial charge < -0.3 is 19.7 Å². The lowest BCUT2D eigenvalue weighted by Gasteiger charge is -2.38. The average Bonchev–Trinajstić information content (AvgIpc) is 2.64. The van der Waals surface area contributed by atoms with Crippen molar-refractivity contribution in [2.24, 2.45) is 0 Å². The number of fused-ring (bicyclic) bond motifs is 1. The lowest BCUT2D eigenvalue weighted by molar-refractivity contribution is -0.132. The molecule has 6 nitrogen and oxygen atoms in total. The third kappa shape index (κ3) is 4.39. The number of amides is 2. The highest BCUT2D eigenvalue weighted by atomic mass is 35.5. The minimum atomic E-state index is -1.01. The molecule has 0 fully saturated rings. The summed E-state index contributed by atoms with van der Waals surface area (Å²) in [6, 6.07) is 12.3.